The molecule has 174 valence electrons. The van der Waals surface area contributed by atoms with E-state index in [2.05, 4.69) is 24.3 Å². The van der Waals surface area contributed by atoms with E-state index in [4.69, 9.17) is 4.74 Å². The molecule has 1 aliphatic carbocycles. The molecular weight excluding hydrogens is 426 g/mol. The van der Waals surface area contributed by atoms with Gasteiger partial charge < -0.3 is 14.7 Å². The van der Waals surface area contributed by atoms with Crippen molar-refractivity contribution in [2.75, 3.05) is 19.7 Å². The van der Waals surface area contributed by atoms with Gasteiger partial charge in [-0.2, -0.15) is 0 Å². The molecule has 1 amide bonds. The third-order valence-electron chi connectivity index (χ3n) is 8.20. The number of amides is 1. The lowest BCUT2D eigenvalue weighted by atomic mass is 9.88. The van der Waals surface area contributed by atoms with Gasteiger partial charge in [0.25, 0.3) is 5.91 Å². The van der Waals surface area contributed by atoms with E-state index in [9.17, 15) is 14.7 Å². The van der Waals surface area contributed by atoms with Crippen LogP contribution in [0.1, 0.15) is 53.9 Å². The molecule has 2 heterocycles. The number of carboxylic acids is 1. The van der Waals surface area contributed by atoms with Crippen LogP contribution >= 0.6 is 0 Å². The Hall–Kier alpha value is -3.18. The van der Waals surface area contributed by atoms with Crippen molar-refractivity contribution in [1.82, 2.24) is 4.90 Å². The van der Waals surface area contributed by atoms with Gasteiger partial charge in [0.05, 0.1) is 5.56 Å². The Morgan fingerprint density at radius 3 is 2.47 bits per heavy atom. The first-order valence-corrected chi connectivity index (χ1v) is 12.3. The number of ether oxygens (including phenoxy) is 1. The Kier molecular flexibility index (Phi) is 5.18. The number of carbonyl (C=O) groups is 2. The van der Waals surface area contributed by atoms with Crippen molar-refractivity contribution in [2.24, 2.45) is 5.41 Å². The number of fused-ring (bicyclic) bond motifs is 1. The first kappa shape index (κ1) is 21.4. The van der Waals surface area contributed by atoms with Crippen LogP contribution in [0.2, 0.25) is 0 Å². The summed E-state index contributed by atoms with van der Waals surface area (Å²) in [4.78, 5) is 26.4. The van der Waals surface area contributed by atoms with E-state index in [0.29, 0.717) is 23.5 Å². The van der Waals surface area contributed by atoms with Crippen LogP contribution in [0.5, 0.6) is 0 Å². The lowest BCUT2D eigenvalue weighted by Crippen LogP contribution is -2.44. The summed E-state index contributed by atoms with van der Waals surface area (Å²) in [7, 11) is 0. The van der Waals surface area contributed by atoms with Crippen LogP contribution in [0.3, 0.4) is 0 Å². The van der Waals surface area contributed by atoms with Crippen LogP contribution in [-0.4, -0.2) is 47.7 Å². The highest BCUT2D eigenvalue weighted by molar-refractivity contribution is 6.02. The molecule has 6 rings (SSSR count). The Labute approximate surface area is 199 Å². The summed E-state index contributed by atoms with van der Waals surface area (Å²) in [5, 5.41) is 11.6. The van der Waals surface area contributed by atoms with E-state index < -0.39 is 5.97 Å². The van der Waals surface area contributed by atoms with Gasteiger partial charge in [-0.1, -0.05) is 48.5 Å². The number of piperidine rings is 1. The zero-order chi connectivity index (χ0) is 23.3. The number of hydrogen-bond donors (Lipinski definition) is 1. The van der Waals surface area contributed by atoms with Crippen LogP contribution in [0, 0.1) is 5.41 Å². The molecule has 1 spiro atoms. The molecule has 0 aromatic heterocycles. The zero-order valence-corrected chi connectivity index (χ0v) is 19.2. The van der Waals surface area contributed by atoms with E-state index >= 15 is 0 Å². The maximum absolute atomic E-state index is 12.7. The van der Waals surface area contributed by atoms with Crippen LogP contribution in [0.4, 0.5) is 0 Å². The molecule has 34 heavy (non-hydrogen) atoms. The molecule has 1 N–H and O–H groups in total. The van der Waals surface area contributed by atoms with Gasteiger partial charge in [-0.05, 0) is 83.0 Å². The van der Waals surface area contributed by atoms with Crippen molar-refractivity contribution >= 4 is 22.6 Å². The molecule has 3 aromatic rings. The topological polar surface area (TPSA) is 66.8 Å². The van der Waals surface area contributed by atoms with Gasteiger partial charge in [-0.25, -0.2) is 4.79 Å². The van der Waals surface area contributed by atoms with Gasteiger partial charge in [0.1, 0.15) is 6.10 Å². The second kappa shape index (κ2) is 8.24. The lowest BCUT2D eigenvalue weighted by Gasteiger charge is -2.34. The molecule has 5 nitrogen and oxygen atoms in total. The fraction of sp³-hybridized carbons (Fsp3) is 0.379. The fourth-order valence-electron chi connectivity index (χ4n) is 6.09. The quantitative estimate of drug-likeness (QED) is 0.566. The molecule has 0 bridgehead atoms. The third kappa shape index (κ3) is 3.68. The van der Waals surface area contributed by atoms with Crippen molar-refractivity contribution < 1.29 is 19.4 Å². The molecule has 3 aromatic carbocycles. The predicted molar refractivity (Wildman–Crippen MR) is 131 cm³/mol. The van der Waals surface area contributed by atoms with Crippen molar-refractivity contribution in [3.05, 3.63) is 71.8 Å². The highest BCUT2D eigenvalue weighted by atomic mass is 16.5. The maximum Gasteiger partial charge on any atom is 0.335 e. The summed E-state index contributed by atoms with van der Waals surface area (Å²) in [5.41, 5.74) is 3.97. The molecule has 3 fully saturated rings. The summed E-state index contributed by atoms with van der Waals surface area (Å²) in [6.45, 7) is 2.38. The summed E-state index contributed by atoms with van der Waals surface area (Å²) >= 11 is 0. The number of benzene rings is 3. The molecular formula is C29H29NO4. The van der Waals surface area contributed by atoms with Gasteiger partial charge >= 0.3 is 5.97 Å². The Bertz CT molecular complexity index is 1250. The molecule has 0 unspecified atom stereocenters. The Morgan fingerprint density at radius 2 is 1.76 bits per heavy atom. The van der Waals surface area contributed by atoms with E-state index in [1.807, 2.05) is 29.2 Å². The third-order valence-corrected chi connectivity index (χ3v) is 8.20. The van der Waals surface area contributed by atoms with Crippen molar-refractivity contribution in [3.8, 4) is 11.1 Å². The summed E-state index contributed by atoms with van der Waals surface area (Å²) in [5.74, 6) is -0.179. The first-order valence-electron chi connectivity index (χ1n) is 12.3. The van der Waals surface area contributed by atoms with Crippen LogP contribution in [-0.2, 0) is 9.53 Å². The average molecular weight is 456 g/mol. The van der Waals surface area contributed by atoms with E-state index in [1.165, 1.54) is 12.0 Å². The molecule has 2 aliphatic heterocycles. The summed E-state index contributed by atoms with van der Waals surface area (Å²) < 4.78 is 5.60. The van der Waals surface area contributed by atoms with Gasteiger partial charge in [0.2, 0.25) is 0 Å². The molecule has 2 atom stereocenters. The number of likely N-dealkylation sites (tertiary alicyclic amines) is 1. The number of nitrogens with zero attached hydrogens (tertiary/aromatic N) is 1. The highest BCUT2D eigenvalue weighted by Crippen LogP contribution is 2.65. The first-order chi connectivity index (χ1) is 16.5. The lowest BCUT2D eigenvalue weighted by molar-refractivity contribution is -0.142. The summed E-state index contributed by atoms with van der Waals surface area (Å²) in [6, 6.07) is 20.1. The smallest absolute Gasteiger partial charge is 0.335 e. The van der Waals surface area contributed by atoms with Crippen LogP contribution in [0.25, 0.3) is 21.9 Å². The van der Waals surface area contributed by atoms with Gasteiger partial charge in [0.15, 0.2) is 0 Å². The monoisotopic (exact) mass is 455 g/mol. The second-order valence-corrected chi connectivity index (χ2v) is 10.1. The normalized spacial score (nSPS) is 23.4. The molecule has 0 radical (unpaired) electrons. The highest BCUT2D eigenvalue weighted by Gasteiger charge is 2.55. The molecule has 3 aliphatic rings. The van der Waals surface area contributed by atoms with Crippen molar-refractivity contribution in [1.29, 1.82) is 0 Å². The van der Waals surface area contributed by atoms with Gasteiger partial charge in [-0.15, -0.1) is 0 Å². The summed E-state index contributed by atoms with van der Waals surface area (Å²) in [6.07, 6.45) is 4.94. The standard InChI is InChI=1S/C29H29NO4/c31-27(26-6-3-15-34-26)30-13-11-29(12-14-30)18-25(29)20-9-7-19(8-10-20)24-17-22(28(32)33)16-21-4-1-2-5-23(21)24/h1-2,4-5,7-10,16-17,25-26H,3,6,11-15,18H2,(H,32,33)/t25-,26-/m1/s1. The average Bonchev–Trinajstić information content (AvgIpc) is 3.28. The second-order valence-electron chi connectivity index (χ2n) is 10.1. The van der Waals surface area contributed by atoms with Gasteiger partial charge in [0, 0.05) is 19.7 Å². The predicted octanol–water partition coefficient (Wildman–Crippen LogP) is 5.48. The number of carboxylic acid groups (broad SMARTS) is 1. The SMILES string of the molecule is O=C(O)c1cc(-c2ccc([C@H]3CC34CCN(C(=O)[C@H]3CCCO3)CC4)cc2)c2ccccc2c1. The number of aromatic carboxylic acids is 1. The molecule has 2 saturated heterocycles. The van der Waals surface area contributed by atoms with Crippen LogP contribution in [0.15, 0.2) is 60.7 Å². The molecule has 5 heteroatoms. The zero-order valence-electron chi connectivity index (χ0n) is 19.2. The maximum atomic E-state index is 12.7. The largest absolute Gasteiger partial charge is 0.478 e. The fourth-order valence-corrected chi connectivity index (χ4v) is 6.09. The minimum absolute atomic E-state index is 0.185. The Morgan fingerprint density at radius 1 is 1.00 bits per heavy atom. The number of carbonyl (C=O) groups excluding carboxylic acids is 1. The van der Waals surface area contributed by atoms with E-state index in [1.54, 1.807) is 12.1 Å². The molecule has 1 saturated carbocycles. The van der Waals surface area contributed by atoms with Crippen molar-refractivity contribution in [3.63, 3.8) is 0 Å². The van der Waals surface area contributed by atoms with Gasteiger partial charge in [-0.3, -0.25) is 4.79 Å². The number of hydrogen-bond acceptors (Lipinski definition) is 3. The van der Waals surface area contributed by atoms with E-state index in [0.717, 1.165) is 60.7 Å². The minimum Gasteiger partial charge on any atom is -0.478 e. The number of rotatable bonds is 4. The van der Waals surface area contributed by atoms with E-state index in [-0.39, 0.29) is 12.0 Å². The van der Waals surface area contributed by atoms with Crippen molar-refractivity contribution in [2.45, 2.75) is 44.1 Å². The van der Waals surface area contributed by atoms with Crippen LogP contribution < -0.4 is 0 Å². The Balaban J connectivity index is 1.18. The minimum atomic E-state index is -0.909.